The molecular weight excluding hydrogens is 302 g/mol. The van der Waals surface area contributed by atoms with Crippen LogP contribution in [-0.4, -0.2) is 24.3 Å². The predicted octanol–water partition coefficient (Wildman–Crippen LogP) is 3.64. The predicted molar refractivity (Wildman–Crippen MR) is 93.7 cm³/mol. The Balaban J connectivity index is 1.68. The lowest BCUT2D eigenvalue weighted by Gasteiger charge is -2.22. The molecule has 0 saturated carbocycles. The van der Waals surface area contributed by atoms with Gasteiger partial charge in [0.15, 0.2) is 11.9 Å². The van der Waals surface area contributed by atoms with Gasteiger partial charge in [-0.15, -0.1) is 0 Å². The second kappa shape index (κ2) is 6.87. The number of ether oxygens (including phenoxy) is 1. The van der Waals surface area contributed by atoms with E-state index in [2.05, 4.69) is 6.07 Å². The van der Waals surface area contributed by atoms with Crippen LogP contribution in [0.15, 0.2) is 48.5 Å². The molecule has 0 N–H and O–H groups in total. The van der Waals surface area contributed by atoms with Crippen molar-refractivity contribution in [1.29, 1.82) is 0 Å². The van der Waals surface area contributed by atoms with Crippen LogP contribution >= 0.6 is 0 Å². The molecule has 0 aliphatic carbocycles. The Morgan fingerprint density at radius 3 is 2.54 bits per heavy atom. The summed E-state index contributed by atoms with van der Waals surface area (Å²) in [5.74, 6) is 0.643. The maximum Gasteiger partial charge on any atom is 0.267 e. The fourth-order valence-corrected chi connectivity index (χ4v) is 2.96. The van der Waals surface area contributed by atoms with Crippen LogP contribution in [0.1, 0.15) is 36.2 Å². The highest BCUT2D eigenvalue weighted by atomic mass is 16.5. The topological polar surface area (TPSA) is 46.6 Å². The Labute approximate surface area is 142 Å². The first kappa shape index (κ1) is 16.2. The van der Waals surface area contributed by atoms with Gasteiger partial charge in [-0.25, -0.2) is 0 Å². The molecule has 1 amide bonds. The van der Waals surface area contributed by atoms with Crippen LogP contribution in [0, 0.1) is 0 Å². The lowest BCUT2D eigenvalue weighted by Crippen LogP contribution is -2.39. The number of hydrogen-bond acceptors (Lipinski definition) is 3. The summed E-state index contributed by atoms with van der Waals surface area (Å²) >= 11 is 0. The lowest BCUT2D eigenvalue weighted by molar-refractivity contribution is -0.124. The molecule has 2 aromatic rings. The lowest BCUT2D eigenvalue weighted by atomic mass is 10.1. The van der Waals surface area contributed by atoms with E-state index < -0.39 is 6.10 Å². The minimum Gasteiger partial charge on any atom is -0.481 e. The van der Waals surface area contributed by atoms with Crippen molar-refractivity contribution in [1.82, 2.24) is 0 Å². The molecule has 0 saturated heterocycles. The third kappa shape index (κ3) is 3.18. The molecule has 4 heteroatoms. The summed E-state index contributed by atoms with van der Waals surface area (Å²) < 4.78 is 5.77. The molecule has 1 heterocycles. The number of anilines is 1. The Bertz CT molecular complexity index is 752. The van der Waals surface area contributed by atoms with Crippen LogP contribution in [0.25, 0.3) is 0 Å². The SMILES string of the molecule is CCC(=O)c1ccc(O[C@@H](C)C(=O)N2CCc3ccccc32)cc1. The number of benzene rings is 2. The summed E-state index contributed by atoms with van der Waals surface area (Å²) in [5.41, 5.74) is 2.83. The zero-order valence-corrected chi connectivity index (χ0v) is 14.0. The summed E-state index contributed by atoms with van der Waals surface area (Å²) in [6.07, 6.45) is 0.773. The van der Waals surface area contributed by atoms with Gasteiger partial charge in [-0.1, -0.05) is 25.1 Å². The summed E-state index contributed by atoms with van der Waals surface area (Å²) in [6, 6.07) is 14.9. The highest BCUT2D eigenvalue weighted by Gasteiger charge is 2.28. The van der Waals surface area contributed by atoms with Gasteiger partial charge in [0.1, 0.15) is 5.75 Å². The van der Waals surface area contributed by atoms with Crippen molar-refractivity contribution in [2.75, 3.05) is 11.4 Å². The number of Topliss-reactive ketones (excluding diaryl/α,β-unsaturated/α-hetero) is 1. The highest BCUT2D eigenvalue weighted by Crippen LogP contribution is 2.28. The molecule has 0 bridgehead atoms. The minimum absolute atomic E-state index is 0.0475. The Kier molecular flexibility index (Phi) is 4.65. The summed E-state index contributed by atoms with van der Waals surface area (Å²) in [7, 11) is 0. The molecule has 2 aromatic carbocycles. The number of carbonyl (C=O) groups excluding carboxylic acids is 2. The van der Waals surface area contributed by atoms with Gasteiger partial charge in [-0.2, -0.15) is 0 Å². The number of ketones is 1. The second-order valence-electron chi connectivity index (χ2n) is 5.93. The van der Waals surface area contributed by atoms with Crippen molar-refractivity contribution in [2.45, 2.75) is 32.8 Å². The van der Waals surface area contributed by atoms with E-state index in [0.717, 1.165) is 12.1 Å². The number of carbonyl (C=O) groups is 2. The molecule has 3 rings (SSSR count). The number of rotatable bonds is 5. The molecule has 4 nitrogen and oxygen atoms in total. The summed E-state index contributed by atoms with van der Waals surface area (Å²) in [5, 5.41) is 0. The molecule has 24 heavy (non-hydrogen) atoms. The average Bonchev–Trinajstić information content (AvgIpc) is 3.05. The fourth-order valence-electron chi connectivity index (χ4n) is 2.96. The normalized spacial score (nSPS) is 14.2. The number of fused-ring (bicyclic) bond motifs is 1. The van der Waals surface area contributed by atoms with Crippen molar-refractivity contribution >= 4 is 17.4 Å². The van der Waals surface area contributed by atoms with Crippen molar-refractivity contribution < 1.29 is 14.3 Å². The van der Waals surface area contributed by atoms with Gasteiger partial charge >= 0.3 is 0 Å². The van der Waals surface area contributed by atoms with Gasteiger partial charge < -0.3 is 9.64 Å². The van der Waals surface area contributed by atoms with Gasteiger partial charge in [-0.05, 0) is 49.2 Å². The van der Waals surface area contributed by atoms with Crippen LogP contribution in [0.3, 0.4) is 0 Å². The largest absolute Gasteiger partial charge is 0.481 e. The van der Waals surface area contributed by atoms with Crippen LogP contribution in [0.2, 0.25) is 0 Å². The fraction of sp³-hybridized carbons (Fsp3) is 0.300. The first-order chi connectivity index (χ1) is 11.6. The van der Waals surface area contributed by atoms with Gasteiger partial charge in [-0.3, -0.25) is 9.59 Å². The van der Waals surface area contributed by atoms with Crippen LogP contribution in [0.5, 0.6) is 5.75 Å². The molecule has 0 unspecified atom stereocenters. The summed E-state index contributed by atoms with van der Waals surface area (Å²) in [4.78, 5) is 26.1. The van der Waals surface area contributed by atoms with E-state index in [4.69, 9.17) is 4.74 Å². The summed E-state index contributed by atoms with van der Waals surface area (Å²) in [6.45, 7) is 4.28. The third-order valence-electron chi connectivity index (χ3n) is 4.31. The quantitative estimate of drug-likeness (QED) is 0.789. The number of amides is 1. The highest BCUT2D eigenvalue weighted by molar-refractivity contribution is 5.98. The number of hydrogen-bond donors (Lipinski definition) is 0. The first-order valence-electron chi connectivity index (χ1n) is 8.29. The molecule has 0 fully saturated rings. The third-order valence-corrected chi connectivity index (χ3v) is 4.31. The van der Waals surface area contributed by atoms with E-state index in [1.54, 1.807) is 36.1 Å². The molecular formula is C20H21NO3. The zero-order chi connectivity index (χ0) is 17.1. The minimum atomic E-state index is -0.580. The Hall–Kier alpha value is -2.62. The molecule has 1 atom stereocenters. The molecule has 124 valence electrons. The first-order valence-corrected chi connectivity index (χ1v) is 8.29. The van der Waals surface area contributed by atoms with E-state index >= 15 is 0 Å². The van der Waals surface area contributed by atoms with Gasteiger partial charge in [0.25, 0.3) is 5.91 Å². The van der Waals surface area contributed by atoms with E-state index in [1.807, 2.05) is 25.1 Å². The van der Waals surface area contributed by atoms with Crippen molar-refractivity contribution in [3.63, 3.8) is 0 Å². The second-order valence-corrected chi connectivity index (χ2v) is 5.93. The monoisotopic (exact) mass is 323 g/mol. The number of nitrogens with zero attached hydrogens (tertiary/aromatic N) is 1. The smallest absolute Gasteiger partial charge is 0.267 e. The Morgan fingerprint density at radius 2 is 1.83 bits per heavy atom. The zero-order valence-electron chi connectivity index (χ0n) is 14.0. The molecule has 0 radical (unpaired) electrons. The van der Waals surface area contributed by atoms with Gasteiger partial charge in [0, 0.05) is 24.2 Å². The van der Waals surface area contributed by atoms with Crippen LogP contribution < -0.4 is 9.64 Å². The van der Waals surface area contributed by atoms with Crippen molar-refractivity contribution in [3.8, 4) is 5.75 Å². The van der Waals surface area contributed by atoms with Crippen molar-refractivity contribution in [3.05, 3.63) is 59.7 Å². The van der Waals surface area contributed by atoms with E-state index in [1.165, 1.54) is 5.56 Å². The maximum absolute atomic E-state index is 12.7. The van der Waals surface area contributed by atoms with E-state index in [0.29, 0.717) is 24.3 Å². The van der Waals surface area contributed by atoms with Crippen LogP contribution in [0.4, 0.5) is 5.69 Å². The number of para-hydroxylation sites is 1. The van der Waals surface area contributed by atoms with E-state index in [9.17, 15) is 9.59 Å². The molecule has 0 spiro atoms. The molecule has 1 aliphatic heterocycles. The molecule has 0 aromatic heterocycles. The maximum atomic E-state index is 12.7. The van der Waals surface area contributed by atoms with E-state index in [-0.39, 0.29) is 11.7 Å². The standard InChI is InChI=1S/C20H21NO3/c1-3-19(22)16-8-10-17(11-9-16)24-14(2)20(23)21-13-12-15-6-4-5-7-18(15)21/h4-11,14H,3,12-13H2,1-2H3/t14-/m0/s1. The Morgan fingerprint density at radius 1 is 1.12 bits per heavy atom. The molecule has 1 aliphatic rings. The van der Waals surface area contributed by atoms with Crippen LogP contribution in [-0.2, 0) is 11.2 Å². The van der Waals surface area contributed by atoms with Gasteiger partial charge in [0.2, 0.25) is 0 Å². The average molecular weight is 323 g/mol. The van der Waals surface area contributed by atoms with Gasteiger partial charge in [0.05, 0.1) is 0 Å². The van der Waals surface area contributed by atoms with Crippen molar-refractivity contribution in [2.24, 2.45) is 0 Å².